The zero-order chi connectivity index (χ0) is 16.1. The Labute approximate surface area is 137 Å². The summed E-state index contributed by atoms with van der Waals surface area (Å²) < 4.78 is 0. The average molecular weight is 306 g/mol. The third-order valence-corrected chi connectivity index (χ3v) is 5.65. The van der Waals surface area contributed by atoms with Crippen molar-refractivity contribution in [1.29, 1.82) is 0 Å². The van der Waals surface area contributed by atoms with E-state index in [1.165, 1.54) is 38.5 Å². The summed E-state index contributed by atoms with van der Waals surface area (Å²) in [5.74, 6) is 3.17. The molecule has 2 aliphatic carbocycles. The highest BCUT2D eigenvalue weighted by atomic mass is 15.2. The molecule has 3 heteroatoms. The first kappa shape index (κ1) is 17.5. The van der Waals surface area contributed by atoms with Crippen LogP contribution in [0.5, 0.6) is 0 Å². The second-order valence-electron chi connectivity index (χ2n) is 8.12. The molecule has 2 aliphatic rings. The van der Waals surface area contributed by atoms with E-state index >= 15 is 0 Å². The molecule has 0 amide bonds. The normalized spacial score (nSPS) is 40.4. The molecular formula is C19H35N3. The lowest BCUT2D eigenvalue weighted by molar-refractivity contribution is 0.263. The van der Waals surface area contributed by atoms with Gasteiger partial charge in [0.1, 0.15) is 0 Å². The maximum atomic E-state index is 4.80. The molecule has 0 aromatic carbocycles. The molecule has 0 spiro atoms. The van der Waals surface area contributed by atoms with Gasteiger partial charge in [-0.3, -0.25) is 9.98 Å². The fourth-order valence-corrected chi connectivity index (χ4v) is 4.15. The molecule has 0 heterocycles. The minimum atomic E-state index is 0.501. The molecule has 0 saturated heterocycles. The predicted octanol–water partition coefficient (Wildman–Crippen LogP) is 4.62. The van der Waals surface area contributed by atoms with Crippen molar-refractivity contribution in [3.63, 3.8) is 0 Å². The van der Waals surface area contributed by atoms with Gasteiger partial charge in [-0.1, -0.05) is 27.7 Å². The Morgan fingerprint density at radius 3 is 1.50 bits per heavy atom. The molecule has 0 radical (unpaired) electrons. The van der Waals surface area contributed by atoms with E-state index < -0.39 is 0 Å². The van der Waals surface area contributed by atoms with Gasteiger partial charge in [0.25, 0.3) is 0 Å². The summed E-state index contributed by atoms with van der Waals surface area (Å²) in [5.41, 5.74) is 0. The van der Waals surface area contributed by atoms with Crippen LogP contribution in [0.1, 0.15) is 66.2 Å². The third kappa shape index (κ3) is 5.10. The van der Waals surface area contributed by atoms with Crippen LogP contribution in [0.3, 0.4) is 0 Å². The van der Waals surface area contributed by atoms with Crippen LogP contribution in [0, 0.1) is 23.7 Å². The molecule has 22 heavy (non-hydrogen) atoms. The smallest absolute Gasteiger partial charge is 0.0902 e. The van der Waals surface area contributed by atoms with E-state index in [2.05, 4.69) is 34.7 Å². The lowest BCUT2D eigenvalue weighted by atomic mass is 9.80. The van der Waals surface area contributed by atoms with Gasteiger partial charge in [0.05, 0.1) is 24.8 Å². The number of nitrogens with zero attached hydrogens (tertiary/aromatic N) is 3. The van der Waals surface area contributed by atoms with E-state index in [1.807, 2.05) is 17.6 Å². The van der Waals surface area contributed by atoms with Gasteiger partial charge < -0.3 is 4.90 Å². The summed E-state index contributed by atoms with van der Waals surface area (Å²) in [6, 6.07) is 1.00. The number of hydrogen-bond acceptors (Lipinski definition) is 2. The monoisotopic (exact) mass is 305 g/mol. The van der Waals surface area contributed by atoms with E-state index in [0.717, 1.165) is 11.8 Å². The van der Waals surface area contributed by atoms with Crippen molar-refractivity contribution in [3.8, 4) is 0 Å². The Bertz CT molecular complexity index is 354. The van der Waals surface area contributed by atoms with Crippen molar-refractivity contribution in [1.82, 2.24) is 4.90 Å². The van der Waals surface area contributed by atoms with Crippen molar-refractivity contribution in [3.05, 3.63) is 0 Å². The van der Waals surface area contributed by atoms with E-state index in [-0.39, 0.29) is 0 Å². The summed E-state index contributed by atoms with van der Waals surface area (Å²) in [6.07, 6.45) is 11.7. The maximum absolute atomic E-state index is 4.80. The van der Waals surface area contributed by atoms with Gasteiger partial charge in [-0.15, -0.1) is 0 Å². The highest BCUT2D eigenvalue weighted by Crippen LogP contribution is 2.31. The zero-order valence-corrected chi connectivity index (χ0v) is 15.2. The minimum Gasteiger partial charge on any atom is -0.327 e. The van der Waals surface area contributed by atoms with Crippen LogP contribution in [-0.2, 0) is 0 Å². The van der Waals surface area contributed by atoms with E-state index in [0.29, 0.717) is 23.9 Å². The van der Waals surface area contributed by atoms with Crippen LogP contribution >= 0.6 is 0 Å². The van der Waals surface area contributed by atoms with Crippen molar-refractivity contribution in [2.45, 2.75) is 78.3 Å². The standard InChI is InChI=1S/C19H35N3/c1-14-6-8-18(16(3)10-14)20-12-22(5)13-21-19-9-7-15(2)11-17(19)4/h12-19H,6-11H2,1-5H3. The zero-order valence-electron chi connectivity index (χ0n) is 15.2. The topological polar surface area (TPSA) is 28.0 Å². The van der Waals surface area contributed by atoms with Gasteiger partial charge in [-0.05, 0) is 62.2 Å². The van der Waals surface area contributed by atoms with Gasteiger partial charge in [-0.2, -0.15) is 0 Å². The van der Waals surface area contributed by atoms with Gasteiger partial charge in [0.15, 0.2) is 0 Å². The summed E-state index contributed by atoms with van der Waals surface area (Å²) in [6.45, 7) is 9.41. The number of aliphatic imine (C=N–C) groups is 2. The van der Waals surface area contributed by atoms with Crippen LogP contribution in [-0.4, -0.2) is 36.7 Å². The number of hydrogen-bond donors (Lipinski definition) is 0. The molecule has 0 aliphatic heterocycles. The van der Waals surface area contributed by atoms with Crippen LogP contribution in [0.4, 0.5) is 0 Å². The predicted molar refractivity (Wildman–Crippen MR) is 96.7 cm³/mol. The second kappa shape index (κ2) is 8.12. The molecule has 2 saturated carbocycles. The Morgan fingerprint density at radius 2 is 1.14 bits per heavy atom. The van der Waals surface area contributed by atoms with Crippen molar-refractivity contribution >= 4 is 12.7 Å². The fraction of sp³-hybridized carbons (Fsp3) is 0.895. The number of rotatable bonds is 4. The Kier molecular flexibility index (Phi) is 6.46. The van der Waals surface area contributed by atoms with Crippen molar-refractivity contribution in [2.24, 2.45) is 33.7 Å². The lowest BCUT2D eigenvalue weighted by Crippen LogP contribution is -2.27. The minimum absolute atomic E-state index is 0.501. The molecule has 0 aromatic rings. The Morgan fingerprint density at radius 1 is 0.727 bits per heavy atom. The molecule has 0 N–H and O–H groups in total. The summed E-state index contributed by atoms with van der Waals surface area (Å²) in [5, 5.41) is 0. The molecule has 0 aromatic heterocycles. The highest BCUT2D eigenvalue weighted by molar-refractivity contribution is 5.74. The summed E-state index contributed by atoms with van der Waals surface area (Å²) in [7, 11) is 2.05. The summed E-state index contributed by atoms with van der Waals surface area (Å²) >= 11 is 0. The third-order valence-electron chi connectivity index (χ3n) is 5.65. The SMILES string of the molecule is CC1CCC(N=CN(C)C=NC2CCC(C)CC2C)C(C)C1. The van der Waals surface area contributed by atoms with E-state index in [4.69, 9.17) is 9.98 Å². The quantitative estimate of drug-likeness (QED) is 0.550. The van der Waals surface area contributed by atoms with E-state index in [1.54, 1.807) is 0 Å². The fourth-order valence-electron chi connectivity index (χ4n) is 4.15. The van der Waals surface area contributed by atoms with Gasteiger partial charge in [0.2, 0.25) is 0 Å². The van der Waals surface area contributed by atoms with Crippen LogP contribution in [0.2, 0.25) is 0 Å². The molecule has 6 atom stereocenters. The maximum Gasteiger partial charge on any atom is 0.0902 e. The van der Waals surface area contributed by atoms with Gasteiger partial charge >= 0.3 is 0 Å². The Hall–Kier alpha value is -0.860. The molecule has 2 fully saturated rings. The van der Waals surface area contributed by atoms with E-state index in [9.17, 15) is 0 Å². The first-order chi connectivity index (χ1) is 10.5. The van der Waals surface area contributed by atoms with Crippen LogP contribution < -0.4 is 0 Å². The molecular weight excluding hydrogens is 270 g/mol. The van der Waals surface area contributed by atoms with Crippen LogP contribution in [0.15, 0.2) is 9.98 Å². The Balaban J connectivity index is 1.80. The van der Waals surface area contributed by atoms with Gasteiger partial charge in [-0.25, -0.2) is 0 Å². The van der Waals surface area contributed by atoms with Gasteiger partial charge in [0, 0.05) is 7.05 Å². The van der Waals surface area contributed by atoms with Crippen LogP contribution in [0.25, 0.3) is 0 Å². The summed E-state index contributed by atoms with van der Waals surface area (Å²) in [4.78, 5) is 11.6. The molecule has 126 valence electrons. The first-order valence-corrected chi connectivity index (χ1v) is 9.24. The largest absolute Gasteiger partial charge is 0.327 e. The molecule has 6 unspecified atom stereocenters. The first-order valence-electron chi connectivity index (χ1n) is 9.24. The molecule has 0 bridgehead atoms. The molecule has 3 nitrogen and oxygen atoms in total. The highest BCUT2D eigenvalue weighted by Gasteiger charge is 2.25. The van der Waals surface area contributed by atoms with Crippen molar-refractivity contribution < 1.29 is 0 Å². The second-order valence-corrected chi connectivity index (χ2v) is 8.12. The van der Waals surface area contributed by atoms with Crippen molar-refractivity contribution in [2.75, 3.05) is 7.05 Å². The molecule has 2 rings (SSSR count). The average Bonchev–Trinajstić information content (AvgIpc) is 2.45. The lowest BCUT2D eigenvalue weighted by Gasteiger charge is -2.30.